The molecule has 0 saturated heterocycles. The molecule has 2 unspecified atom stereocenters. The third-order valence-corrected chi connectivity index (χ3v) is 6.48. The summed E-state index contributed by atoms with van der Waals surface area (Å²) < 4.78 is 25.0. The smallest absolute Gasteiger partial charge is 0.414 e. The number of fused-ring (bicyclic) bond motifs is 1. The third-order valence-electron chi connectivity index (χ3n) is 5.57. The standard InChI is InChI=1S/C22H25FN2O4S/c1-13-21(17-8-9-30-20(17)12-25(13)22(27)28-2)24-18-7-6-14(23)10-19(18)29-16-5-3-4-15(26)11-16/h6-10,15-16,24,26H,3-5,11-12H2,1-2H3. The minimum Gasteiger partial charge on any atom is -0.488 e. The minimum atomic E-state index is -0.433. The van der Waals surface area contributed by atoms with E-state index in [2.05, 4.69) is 5.32 Å². The number of nitrogens with one attached hydrogen (secondary N) is 1. The van der Waals surface area contributed by atoms with Gasteiger partial charge in [-0.1, -0.05) is 0 Å². The molecule has 160 valence electrons. The third kappa shape index (κ3) is 4.15. The summed E-state index contributed by atoms with van der Waals surface area (Å²) in [6.45, 7) is 2.30. The molecule has 0 spiro atoms. The molecule has 0 radical (unpaired) electrons. The maximum Gasteiger partial charge on any atom is 0.414 e. The fraction of sp³-hybridized carbons (Fsp3) is 0.409. The van der Waals surface area contributed by atoms with E-state index in [1.807, 2.05) is 18.4 Å². The number of ether oxygens (including phenoxy) is 2. The zero-order chi connectivity index (χ0) is 21.3. The first-order chi connectivity index (χ1) is 14.5. The van der Waals surface area contributed by atoms with Crippen molar-refractivity contribution in [2.45, 2.75) is 51.4 Å². The number of rotatable bonds is 4. The van der Waals surface area contributed by atoms with Crippen molar-refractivity contribution in [1.29, 1.82) is 0 Å². The highest BCUT2D eigenvalue weighted by Crippen LogP contribution is 2.38. The number of aliphatic hydroxyl groups excluding tert-OH is 1. The lowest BCUT2D eigenvalue weighted by Gasteiger charge is -2.31. The van der Waals surface area contributed by atoms with Crippen LogP contribution in [0.15, 0.2) is 35.3 Å². The fourth-order valence-electron chi connectivity index (χ4n) is 3.99. The average molecular weight is 433 g/mol. The largest absolute Gasteiger partial charge is 0.488 e. The van der Waals surface area contributed by atoms with Crippen LogP contribution in [0.25, 0.3) is 5.70 Å². The Hall–Kier alpha value is -2.58. The van der Waals surface area contributed by atoms with Crippen LogP contribution >= 0.6 is 11.3 Å². The SMILES string of the molecule is COC(=O)N1Cc2sccc2C(Nc2ccc(F)cc2OC2CCCC(O)C2)=C1C. The molecule has 1 aliphatic carbocycles. The molecule has 1 aliphatic heterocycles. The van der Waals surface area contributed by atoms with Gasteiger partial charge < -0.3 is 19.9 Å². The van der Waals surface area contributed by atoms with Crippen molar-refractivity contribution in [2.75, 3.05) is 12.4 Å². The predicted molar refractivity (Wildman–Crippen MR) is 114 cm³/mol. The van der Waals surface area contributed by atoms with Gasteiger partial charge in [0, 0.05) is 28.6 Å². The summed E-state index contributed by atoms with van der Waals surface area (Å²) in [7, 11) is 1.36. The summed E-state index contributed by atoms with van der Waals surface area (Å²) in [6, 6.07) is 6.36. The lowest BCUT2D eigenvalue weighted by Crippen LogP contribution is -2.33. The Morgan fingerprint density at radius 3 is 2.93 bits per heavy atom. The highest BCUT2D eigenvalue weighted by molar-refractivity contribution is 7.10. The molecule has 2 aromatic rings. The summed E-state index contributed by atoms with van der Waals surface area (Å²) >= 11 is 1.57. The first-order valence-corrected chi connectivity index (χ1v) is 10.9. The normalized spacial score (nSPS) is 21.3. The number of methoxy groups -OCH3 is 1. The van der Waals surface area contributed by atoms with Gasteiger partial charge in [0.05, 0.1) is 31.1 Å². The predicted octanol–water partition coefficient (Wildman–Crippen LogP) is 4.95. The van der Waals surface area contributed by atoms with Gasteiger partial charge in [-0.15, -0.1) is 11.3 Å². The van der Waals surface area contributed by atoms with E-state index in [9.17, 15) is 14.3 Å². The molecular weight excluding hydrogens is 407 g/mol. The number of anilines is 1. The lowest BCUT2D eigenvalue weighted by atomic mass is 9.95. The Bertz CT molecular complexity index is 974. The second-order valence-corrected chi connectivity index (χ2v) is 8.60. The number of aliphatic hydroxyl groups is 1. The van der Waals surface area contributed by atoms with Crippen LogP contribution in [-0.2, 0) is 11.3 Å². The quantitative estimate of drug-likeness (QED) is 0.715. The Balaban J connectivity index is 1.66. The van der Waals surface area contributed by atoms with Crippen LogP contribution in [-0.4, -0.2) is 35.4 Å². The number of hydrogen-bond donors (Lipinski definition) is 2. The van der Waals surface area contributed by atoms with E-state index >= 15 is 0 Å². The fourth-order valence-corrected chi connectivity index (χ4v) is 4.85. The second-order valence-electron chi connectivity index (χ2n) is 7.60. The van der Waals surface area contributed by atoms with Crippen molar-refractivity contribution in [3.8, 4) is 5.75 Å². The maximum atomic E-state index is 14.0. The Labute approximate surface area is 178 Å². The molecular formula is C22H25FN2O4S. The van der Waals surface area contributed by atoms with E-state index in [4.69, 9.17) is 9.47 Å². The molecule has 4 rings (SSSR count). The van der Waals surface area contributed by atoms with Crippen LogP contribution in [0, 0.1) is 5.82 Å². The van der Waals surface area contributed by atoms with Gasteiger partial charge >= 0.3 is 6.09 Å². The number of amides is 1. The number of benzene rings is 1. The summed E-state index contributed by atoms with van der Waals surface area (Å²) in [5, 5.41) is 15.3. The van der Waals surface area contributed by atoms with Gasteiger partial charge in [0.2, 0.25) is 0 Å². The zero-order valence-corrected chi connectivity index (χ0v) is 17.8. The first-order valence-electron chi connectivity index (χ1n) is 10.0. The summed E-state index contributed by atoms with van der Waals surface area (Å²) in [6.07, 6.45) is 2.00. The minimum absolute atomic E-state index is 0.166. The lowest BCUT2D eigenvalue weighted by molar-refractivity contribution is 0.0539. The molecule has 2 aliphatic rings. The van der Waals surface area contributed by atoms with Gasteiger partial charge in [-0.3, -0.25) is 4.90 Å². The molecule has 1 fully saturated rings. The molecule has 1 saturated carbocycles. The summed E-state index contributed by atoms with van der Waals surface area (Å²) in [4.78, 5) is 14.9. The van der Waals surface area contributed by atoms with Crippen molar-refractivity contribution in [2.24, 2.45) is 0 Å². The van der Waals surface area contributed by atoms with Crippen molar-refractivity contribution < 1.29 is 23.8 Å². The van der Waals surface area contributed by atoms with E-state index in [0.29, 0.717) is 24.4 Å². The molecule has 1 aromatic heterocycles. The molecule has 2 atom stereocenters. The van der Waals surface area contributed by atoms with Crippen LogP contribution in [0.3, 0.4) is 0 Å². The maximum absolute atomic E-state index is 14.0. The highest BCUT2D eigenvalue weighted by atomic mass is 32.1. The number of carbonyl (C=O) groups excluding carboxylic acids is 1. The number of thiophene rings is 1. The van der Waals surface area contributed by atoms with Crippen LogP contribution in [0.1, 0.15) is 43.0 Å². The molecule has 1 aromatic carbocycles. The van der Waals surface area contributed by atoms with Crippen molar-refractivity contribution >= 4 is 28.8 Å². The van der Waals surface area contributed by atoms with E-state index < -0.39 is 11.9 Å². The summed E-state index contributed by atoms with van der Waals surface area (Å²) in [5.74, 6) is -0.00460. The highest BCUT2D eigenvalue weighted by Gasteiger charge is 2.29. The number of carbonyl (C=O) groups is 1. The molecule has 8 heteroatoms. The molecule has 1 amide bonds. The van der Waals surface area contributed by atoms with Gasteiger partial charge in [-0.25, -0.2) is 9.18 Å². The van der Waals surface area contributed by atoms with Gasteiger partial charge in [-0.2, -0.15) is 0 Å². The zero-order valence-electron chi connectivity index (χ0n) is 17.0. The molecule has 6 nitrogen and oxygen atoms in total. The van der Waals surface area contributed by atoms with Crippen LogP contribution in [0.2, 0.25) is 0 Å². The second kappa shape index (κ2) is 8.65. The van der Waals surface area contributed by atoms with Gasteiger partial charge in [-0.05, 0) is 49.8 Å². The van der Waals surface area contributed by atoms with Crippen molar-refractivity contribution in [3.05, 3.63) is 51.6 Å². The van der Waals surface area contributed by atoms with Gasteiger partial charge in [0.1, 0.15) is 17.7 Å². The van der Waals surface area contributed by atoms with Crippen LogP contribution in [0.5, 0.6) is 5.75 Å². The van der Waals surface area contributed by atoms with Crippen LogP contribution < -0.4 is 10.1 Å². The molecule has 30 heavy (non-hydrogen) atoms. The Morgan fingerprint density at radius 2 is 2.17 bits per heavy atom. The van der Waals surface area contributed by atoms with E-state index in [1.165, 1.54) is 19.2 Å². The number of allylic oxidation sites excluding steroid dienone is 1. The Kier molecular flexibility index (Phi) is 5.97. The number of hydrogen-bond acceptors (Lipinski definition) is 6. The molecule has 2 N–H and O–H groups in total. The van der Waals surface area contributed by atoms with Crippen LogP contribution in [0.4, 0.5) is 14.9 Å². The number of halogens is 1. The summed E-state index contributed by atoms with van der Waals surface area (Å²) in [5.41, 5.74) is 3.08. The average Bonchev–Trinajstić information content (AvgIpc) is 3.19. The van der Waals surface area contributed by atoms with Crippen molar-refractivity contribution in [1.82, 2.24) is 4.90 Å². The van der Waals surface area contributed by atoms with Crippen molar-refractivity contribution in [3.63, 3.8) is 0 Å². The van der Waals surface area contributed by atoms with E-state index in [0.717, 1.165) is 41.1 Å². The first kappa shape index (κ1) is 20.7. The topological polar surface area (TPSA) is 71.0 Å². The van der Waals surface area contributed by atoms with E-state index in [-0.39, 0.29) is 12.2 Å². The monoisotopic (exact) mass is 432 g/mol. The molecule has 0 bridgehead atoms. The molecule has 2 heterocycles. The number of nitrogens with zero attached hydrogens (tertiary/aromatic N) is 1. The van der Waals surface area contributed by atoms with Gasteiger partial charge in [0.15, 0.2) is 0 Å². The Morgan fingerprint density at radius 1 is 1.33 bits per heavy atom. The van der Waals surface area contributed by atoms with E-state index in [1.54, 1.807) is 22.3 Å². The van der Waals surface area contributed by atoms with Gasteiger partial charge in [0.25, 0.3) is 0 Å².